The number of aryl methyl sites for hydroxylation is 3. The lowest BCUT2D eigenvalue weighted by Crippen LogP contribution is -2.31. The van der Waals surface area contributed by atoms with Crippen LogP contribution in [0.15, 0.2) is 32.9 Å². The molecule has 0 fully saturated rings. The maximum absolute atomic E-state index is 12.7. The smallest absolute Gasteiger partial charge is 0.338 e. The third-order valence-corrected chi connectivity index (χ3v) is 6.86. The zero-order valence-corrected chi connectivity index (χ0v) is 21.3. The van der Waals surface area contributed by atoms with Crippen molar-refractivity contribution in [2.45, 2.75) is 71.1 Å². The van der Waals surface area contributed by atoms with E-state index in [1.807, 2.05) is 24.5 Å². The van der Waals surface area contributed by atoms with Crippen molar-refractivity contribution in [3.05, 3.63) is 50.4 Å². The lowest BCUT2D eigenvalue weighted by Gasteiger charge is -2.07. The Kier molecular flexibility index (Phi) is 7.44. The first kappa shape index (κ1) is 24.8. The van der Waals surface area contributed by atoms with Gasteiger partial charge in [0.2, 0.25) is 0 Å². The van der Waals surface area contributed by atoms with E-state index in [2.05, 4.69) is 16.5 Å². The molecule has 0 radical (unpaired) electrons. The summed E-state index contributed by atoms with van der Waals surface area (Å²) in [6.45, 7) is 9.89. The first-order valence-electron chi connectivity index (χ1n) is 12.0. The number of imidazole rings is 2. The normalized spacial score (nSPS) is 11.5. The Morgan fingerprint density at radius 1 is 1.06 bits per heavy atom. The molecule has 0 aliphatic carbocycles. The van der Waals surface area contributed by atoms with Gasteiger partial charge in [-0.1, -0.05) is 25.1 Å². The Morgan fingerprint density at radius 2 is 1.83 bits per heavy atom. The highest BCUT2D eigenvalue weighted by Crippen LogP contribution is 2.28. The highest BCUT2D eigenvalue weighted by Gasteiger charge is 2.19. The number of ether oxygens (including phenoxy) is 1. The van der Waals surface area contributed by atoms with Crippen LogP contribution in [0.3, 0.4) is 0 Å². The third-order valence-electron chi connectivity index (χ3n) is 5.89. The average molecular weight is 499 g/mol. The quantitative estimate of drug-likeness (QED) is 0.262. The summed E-state index contributed by atoms with van der Waals surface area (Å²) >= 11 is 1.51. The maximum atomic E-state index is 12.7. The van der Waals surface area contributed by atoms with Crippen molar-refractivity contribution in [2.75, 3.05) is 6.61 Å². The van der Waals surface area contributed by atoms with Gasteiger partial charge >= 0.3 is 11.7 Å². The van der Waals surface area contributed by atoms with Crippen molar-refractivity contribution >= 4 is 39.9 Å². The molecule has 4 rings (SSSR count). The number of esters is 1. The van der Waals surface area contributed by atoms with Gasteiger partial charge in [0, 0.05) is 19.6 Å². The average Bonchev–Trinajstić information content (AvgIpc) is 3.39. The molecule has 0 spiro atoms. The number of H-pyrrole nitrogens is 1. The minimum atomic E-state index is -0.430. The fourth-order valence-electron chi connectivity index (χ4n) is 4.19. The van der Waals surface area contributed by atoms with Crippen LogP contribution < -0.4 is 11.2 Å². The van der Waals surface area contributed by atoms with Crippen molar-refractivity contribution in [3.8, 4) is 0 Å². The summed E-state index contributed by atoms with van der Waals surface area (Å²) in [4.78, 5) is 49.2. The van der Waals surface area contributed by atoms with Gasteiger partial charge in [0.25, 0.3) is 5.56 Å². The third kappa shape index (κ3) is 4.64. The van der Waals surface area contributed by atoms with Crippen LogP contribution in [0.1, 0.15) is 56.7 Å². The molecule has 11 heteroatoms. The SMILES string of the molecule is CCCCn1c(=O)[nH]c(=O)c2c1nc(CSc1nc3cc(C(=O)OCC)ccc3n1CC)n2CC. The molecule has 1 aromatic carbocycles. The molecular formula is C24H30N6O4S. The number of nitrogens with zero attached hydrogens (tertiary/aromatic N) is 5. The summed E-state index contributed by atoms with van der Waals surface area (Å²) in [7, 11) is 0. The molecule has 0 saturated heterocycles. The molecule has 0 saturated carbocycles. The van der Waals surface area contributed by atoms with Crippen LogP contribution >= 0.6 is 11.8 Å². The lowest BCUT2D eigenvalue weighted by atomic mass is 10.2. The molecule has 0 amide bonds. The van der Waals surface area contributed by atoms with Gasteiger partial charge in [0.05, 0.1) is 29.0 Å². The molecule has 10 nitrogen and oxygen atoms in total. The topological polar surface area (TPSA) is 117 Å². The minimum Gasteiger partial charge on any atom is -0.462 e. The van der Waals surface area contributed by atoms with E-state index in [1.54, 1.807) is 23.6 Å². The number of aromatic nitrogens is 6. The standard InChI is InChI=1S/C24H30N6O4S/c1-5-9-12-30-20-19(21(31)27-23(30)33)29(7-3)18(26-20)14-35-24-25-16-13-15(22(32)34-8-4)10-11-17(16)28(24)6-2/h10-11,13H,5-9,12,14H2,1-4H3,(H,27,31,33). The Bertz CT molecular complexity index is 1500. The Morgan fingerprint density at radius 3 is 2.51 bits per heavy atom. The predicted octanol–water partition coefficient (Wildman–Crippen LogP) is 3.54. The maximum Gasteiger partial charge on any atom is 0.338 e. The van der Waals surface area contributed by atoms with E-state index in [0.29, 0.717) is 60.1 Å². The fraction of sp³-hybridized carbons (Fsp3) is 0.458. The zero-order chi connectivity index (χ0) is 25.1. The Balaban J connectivity index is 1.71. The molecule has 0 aliphatic heterocycles. The van der Waals surface area contributed by atoms with E-state index < -0.39 is 11.2 Å². The second-order valence-electron chi connectivity index (χ2n) is 8.06. The minimum absolute atomic E-state index is 0.314. The first-order chi connectivity index (χ1) is 16.9. The largest absolute Gasteiger partial charge is 0.462 e. The van der Waals surface area contributed by atoms with Crippen LogP contribution in [0.5, 0.6) is 0 Å². The second kappa shape index (κ2) is 10.5. The number of rotatable bonds is 10. The number of carbonyl (C=O) groups excluding carboxylic acids is 1. The molecular weight excluding hydrogens is 468 g/mol. The summed E-state index contributed by atoms with van der Waals surface area (Å²) < 4.78 is 10.6. The van der Waals surface area contributed by atoms with Crippen LogP contribution in [-0.4, -0.2) is 41.2 Å². The Hall–Kier alpha value is -3.34. The summed E-state index contributed by atoms with van der Waals surface area (Å²) in [5.41, 5.74) is 2.10. The van der Waals surface area contributed by atoms with Crippen LogP contribution in [-0.2, 0) is 30.1 Å². The van der Waals surface area contributed by atoms with Crippen molar-refractivity contribution in [3.63, 3.8) is 0 Å². The summed E-state index contributed by atoms with van der Waals surface area (Å²) in [5, 5.41) is 0.788. The van der Waals surface area contributed by atoms with Crippen LogP contribution in [0.25, 0.3) is 22.2 Å². The summed E-state index contributed by atoms with van der Waals surface area (Å²) in [5.74, 6) is 0.805. The predicted molar refractivity (Wildman–Crippen MR) is 136 cm³/mol. The van der Waals surface area contributed by atoms with Crippen LogP contribution in [0.4, 0.5) is 0 Å². The molecule has 186 valence electrons. The van der Waals surface area contributed by atoms with Crippen LogP contribution in [0.2, 0.25) is 0 Å². The van der Waals surface area contributed by atoms with Crippen molar-refractivity contribution in [1.29, 1.82) is 0 Å². The molecule has 0 unspecified atom stereocenters. The monoisotopic (exact) mass is 498 g/mol. The van der Waals surface area contributed by atoms with Gasteiger partial charge in [-0.3, -0.25) is 14.3 Å². The fourth-order valence-corrected chi connectivity index (χ4v) is 5.21. The first-order valence-corrected chi connectivity index (χ1v) is 12.9. The van der Waals surface area contributed by atoms with Gasteiger partial charge in [-0.15, -0.1) is 0 Å². The number of hydrogen-bond acceptors (Lipinski definition) is 7. The number of unbranched alkanes of at least 4 members (excludes halogenated alkanes) is 1. The molecule has 3 heterocycles. The van der Waals surface area contributed by atoms with E-state index in [4.69, 9.17) is 14.7 Å². The lowest BCUT2D eigenvalue weighted by molar-refractivity contribution is 0.0526. The number of benzene rings is 1. The highest BCUT2D eigenvalue weighted by atomic mass is 32.2. The van der Waals surface area contributed by atoms with Crippen molar-refractivity contribution < 1.29 is 9.53 Å². The summed E-state index contributed by atoms with van der Waals surface area (Å²) in [6, 6.07) is 5.38. The number of nitrogens with one attached hydrogen (secondary N) is 1. The molecule has 35 heavy (non-hydrogen) atoms. The molecule has 0 atom stereocenters. The molecule has 1 N–H and O–H groups in total. The molecule has 3 aromatic heterocycles. The van der Waals surface area contributed by atoms with Gasteiger partial charge < -0.3 is 13.9 Å². The van der Waals surface area contributed by atoms with Crippen molar-refractivity contribution in [2.24, 2.45) is 0 Å². The molecule has 4 aromatic rings. The van der Waals surface area contributed by atoms with Gasteiger partial charge in [-0.25, -0.2) is 19.6 Å². The highest BCUT2D eigenvalue weighted by molar-refractivity contribution is 7.98. The van der Waals surface area contributed by atoms with E-state index in [0.717, 1.165) is 23.5 Å². The van der Waals surface area contributed by atoms with E-state index in [1.165, 1.54) is 11.8 Å². The molecule has 0 aliphatic rings. The van der Waals surface area contributed by atoms with E-state index in [-0.39, 0.29) is 5.97 Å². The van der Waals surface area contributed by atoms with Gasteiger partial charge in [-0.2, -0.15) is 0 Å². The number of hydrogen-bond donors (Lipinski definition) is 1. The Labute approximate surface area is 206 Å². The van der Waals surface area contributed by atoms with Gasteiger partial charge in [0.1, 0.15) is 5.82 Å². The zero-order valence-electron chi connectivity index (χ0n) is 20.5. The molecule has 0 bridgehead atoms. The van der Waals surface area contributed by atoms with Crippen LogP contribution in [0, 0.1) is 0 Å². The number of fused-ring (bicyclic) bond motifs is 2. The number of carbonyl (C=O) groups is 1. The van der Waals surface area contributed by atoms with Gasteiger partial charge in [-0.05, 0) is 45.4 Å². The number of thioether (sulfide) groups is 1. The van der Waals surface area contributed by atoms with E-state index >= 15 is 0 Å². The number of aromatic amines is 1. The summed E-state index contributed by atoms with van der Waals surface area (Å²) in [6.07, 6.45) is 1.74. The van der Waals surface area contributed by atoms with Gasteiger partial charge in [0.15, 0.2) is 16.3 Å². The second-order valence-corrected chi connectivity index (χ2v) is 9.00. The van der Waals surface area contributed by atoms with E-state index in [9.17, 15) is 14.4 Å². The van der Waals surface area contributed by atoms with Crippen molar-refractivity contribution in [1.82, 2.24) is 28.7 Å².